The van der Waals surface area contributed by atoms with Gasteiger partial charge in [0, 0.05) is 54.5 Å². The number of sulfonamides is 1. The van der Waals surface area contributed by atoms with Crippen LogP contribution in [0.5, 0.6) is 5.75 Å². The minimum atomic E-state index is -4.24. The van der Waals surface area contributed by atoms with Crippen molar-refractivity contribution in [2.75, 3.05) is 24.1 Å². The van der Waals surface area contributed by atoms with Crippen molar-refractivity contribution in [3.63, 3.8) is 0 Å². The number of benzene rings is 2. The number of aromatic nitrogens is 1. The molecule has 37 heavy (non-hydrogen) atoms. The molecule has 1 aromatic heterocycles. The Kier molecular flexibility index (Phi) is 6.98. The number of rotatable bonds is 6. The normalized spacial score (nSPS) is 22.7. The summed E-state index contributed by atoms with van der Waals surface area (Å²) in [5, 5.41) is 1.16. The highest BCUT2D eigenvalue weighted by Crippen LogP contribution is 2.45. The van der Waals surface area contributed by atoms with E-state index in [1.165, 1.54) is 36.7 Å². The number of fused-ring (bicyclic) bond motifs is 1. The van der Waals surface area contributed by atoms with Gasteiger partial charge in [0.05, 0.1) is 11.9 Å². The number of nitrogens with one attached hydrogen (secondary N) is 1. The fraction of sp³-hybridized carbons (Fsp3) is 0.375. The van der Waals surface area contributed by atoms with Crippen molar-refractivity contribution in [3.05, 3.63) is 70.7 Å². The summed E-state index contributed by atoms with van der Waals surface area (Å²) in [5.41, 5.74) is 1.25. The Hall–Kier alpha value is -2.61. The van der Waals surface area contributed by atoms with Crippen LogP contribution in [0.2, 0.25) is 0 Å². The molecule has 0 aliphatic carbocycles. The molecular weight excluding hydrogens is 544 g/mol. The maximum Gasteiger partial charge on any atom is 0.266 e. The van der Waals surface area contributed by atoms with Gasteiger partial charge >= 0.3 is 0 Å². The number of piperidine rings is 1. The van der Waals surface area contributed by atoms with Gasteiger partial charge in [0.1, 0.15) is 32.1 Å². The summed E-state index contributed by atoms with van der Waals surface area (Å²) >= 11 is 1.07. The van der Waals surface area contributed by atoms with E-state index in [2.05, 4.69) is 14.6 Å². The third-order valence-electron chi connectivity index (χ3n) is 6.87. The van der Waals surface area contributed by atoms with E-state index < -0.39 is 41.6 Å². The third-order valence-corrected chi connectivity index (χ3v) is 10.7. The molecule has 0 amide bonds. The number of thiazole rings is 1. The standard InChI is InChI=1S/C24H25F2N3O5S3/c1-36(30,31)17-6-9-29(21(12-17)15-2-4-16(25)5-3-15)20-7-10-34-22-14-23(19(26)13-18(20)22)37(32,33)28-24-27-8-11-35-24/h2-5,8,11,13-14,17,20-21H,6-7,9-10,12H2,1H3,(H,27,28)/t17-,20+,21+/m1/s1. The number of halogens is 2. The molecule has 1 saturated heterocycles. The zero-order chi connectivity index (χ0) is 26.4. The summed E-state index contributed by atoms with van der Waals surface area (Å²) in [7, 11) is -7.55. The molecule has 3 aromatic rings. The summed E-state index contributed by atoms with van der Waals surface area (Å²) in [6.07, 6.45) is 3.86. The number of hydrogen-bond donors (Lipinski definition) is 1. The van der Waals surface area contributed by atoms with Gasteiger partial charge in [-0.3, -0.25) is 9.62 Å². The lowest BCUT2D eigenvalue weighted by atomic mass is 9.89. The maximum absolute atomic E-state index is 15.3. The van der Waals surface area contributed by atoms with Gasteiger partial charge in [-0.1, -0.05) is 12.1 Å². The largest absolute Gasteiger partial charge is 0.493 e. The molecular formula is C24H25F2N3O5S3. The number of ether oxygens (including phenoxy) is 1. The zero-order valence-corrected chi connectivity index (χ0v) is 22.3. The summed E-state index contributed by atoms with van der Waals surface area (Å²) in [4.78, 5) is 5.43. The molecule has 2 aliphatic rings. The van der Waals surface area contributed by atoms with Crippen LogP contribution >= 0.6 is 11.3 Å². The van der Waals surface area contributed by atoms with Crippen LogP contribution in [0.15, 0.2) is 52.9 Å². The van der Waals surface area contributed by atoms with Crippen molar-refractivity contribution in [2.24, 2.45) is 0 Å². The molecule has 1 fully saturated rings. The number of sulfone groups is 1. The highest BCUT2D eigenvalue weighted by atomic mass is 32.2. The molecule has 0 saturated carbocycles. The fourth-order valence-electron chi connectivity index (χ4n) is 5.09. The van der Waals surface area contributed by atoms with Crippen molar-refractivity contribution in [1.82, 2.24) is 9.88 Å². The molecule has 0 spiro atoms. The minimum Gasteiger partial charge on any atom is -0.493 e. The van der Waals surface area contributed by atoms with E-state index in [1.54, 1.807) is 17.5 Å². The average molecular weight is 570 g/mol. The van der Waals surface area contributed by atoms with Crippen LogP contribution in [-0.2, 0) is 19.9 Å². The Balaban J connectivity index is 1.51. The van der Waals surface area contributed by atoms with Gasteiger partial charge in [-0.25, -0.2) is 30.6 Å². The van der Waals surface area contributed by atoms with E-state index in [1.807, 2.05) is 0 Å². The number of hydrogen-bond acceptors (Lipinski definition) is 8. The highest BCUT2D eigenvalue weighted by Gasteiger charge is 2.40. The van der Waals surface area contributed by atoms with Crippen LogP contribution in [0.3, 0.4) is 0 Å². The van der Waals surface area contributed by atoms with Gasteiger partial charge in [0.15, 0.2) is 5.13 Å². The van der Waals surface area contributed by atoms with Crippen LogP contribution in [0.4, 0.5) is 13.9 Å². The lowest BCUT2D eigenvalue weighted by Crippen LogP contribution is -2.44. The molecule has 0 unspecified atom stereocenters. The average Bonchev–Trinajstić information content (AvgIpc) is 3.35. The monoisotopic (exact) mass is 569 g/mol. The number of likely N-dealkylation sites (tertiary alicyclic amines) is 1. The molecule has 8 nitrogen and oxygen atoms in total. The van der Waals surface area contributed by atoms with Crippen molar-refractivity contribution in [1.29, 1.82) is 0 Å². The third kappa shape index (κ3) is 5.35. The smallest absolute Gasteiger partial charge is 0.266 e. The topological polar surface area (TPSA) is 106 Å². The Morgan fingerprint density at radius 2 is 1.84 bits per heavy atom. The van der Waals surface area contributed by atoms with Gasteiger partial charge < -0.3 is 4.74 Å². The lowest BCUT2D eigenvalue weighted by Gasteiger charge is -2.45. The molecule has 1 N–H and O–H groups in total. The zero-order valence-electron chi connectivity index (χ0n) is 19.8. The Morgan fingerprint density at radius 3 is 2.51 bits per heavy atom. The first kappa shape index (κ1) is 26.0. The fourth-order valence-corrected chi connectivity index (χ4v) is 8.02. The van der Waals surface area contributed by atoms with Gasteiger partial charge in [-0.2, -0.15) is 0 Å². The van der Waals surface area contributed by atoms with Crippen molar-refractivity contribution < 1.29 is 30.4 Å². The summed E-state index contributed by atoms with van der Waals surface area (Å²) < 4.78 is 87.4. The minimum absolute atomic E-state index is 0.117. The SMILES string of the molecule is CS(=O)(=O)[C@@H]1CCN([C@H]2CCOc3cc(S(=O)(=O)Nc4nccs4)c(F)cc32)[C@H](c2ccc(F)cc2)C1. The molecule has 13 heteroatoms. The van der Waals surface area contributed by atoms with Crippen LogP contribution in [-0.4, -0.2) is 51.4 Å². The van der Waals surface area contributed by atoms with Gasteiger partial charge in [-0.15, -0.1) is 11.3 Å². The maximum atomic E-state index is 15.3. The molecule has 2 aliphatic heterocycles. The van der Waals surface area contributed by atoms with E-state index in [9.17, 15) is 21.2 Å². The van der Waals surface area contributed by atoms with E-state index >= 15 is 4.39 Å². The molecule has 0 bridgehead atoms. The summed E-state index contributed by atoms with van der Waals surface area (Å²) in [6, 6.07) is 7.60. The van der Waals surface area contributed by atoms with Gasteiger partial charge in [-0.05, 0) is 36.6 Å². The lowest BCUT2D eigenvalue weighted by molar-refractivity contribution is 0.0677. The predicted molar refractivity (Wildman–Crippen MR) is 136 cm³/mol. The summed E-state index contributed by atoms with van der Waals surface area (Å²) in [5.74, 6) is -1.08. The van der Waals surface area contributed by atoms with Crippen molar-refractivity contribution in [2.45, 2.75) is 41.5 Å². The van der Waals surface area contributed by atoms with E-state index in [-0.39, 0.29) is 29.6 Å². The second kappa shape index (κ2) is 9.93. The predicted octanol–water partition coefficient (Wildman–Crippen LogP) is 4.30. The highest BCUT2D eigenvalue weighted by molar-refractivity contribution is 7.93. The number of nitrogens with zero attached hydrogens (tertiary/aromatic N) is 2. The first-order valence-corrected chi connectivity index (χ1v) is 15.9. The molecule has 3 heterocycles. The molecule has 5 rings (SSSR count). The first-order chi connectivity index (χ1) is 17.5. The number of anilines is 1. The first-order valence-electron chi connectivity index (χ1n) is 11.6. The van der Waals surface area contributed by atoms with E-state index in [4.69, 9.17) is 4.74 Å². The van der Waals surface area contributed by atoms with Gasteiger partial charge in [0.2, 0.25) is 0 Å². The van der Waals surface area contributed by atoms with Crippen LogP contribution in [0.1, 0.15) is 42.5 Å². The second-order valence-corrected chi connectivity index (χ2v) is 14.1. The van der Waals surface area contributed by atoms with Gasteiger partial charge in [0.25, 0.3) is 10.0 Å². The molecule has 198 valence electrons. The molecule has 2 aromatic carbocycles. The Morgan fingerprint density at radius 1 is 1.08 bits per heavy atom. The van der Waals surface area contributed by atoms with Crippen molar-refractivity contribution in [3.8, 4) is 5.75 Å². The van der Waals surface area contributed by atoms with Crippen molar-refractivity contribution >= 4 is 36.3 Å². The second-order valence-electron chi connectivity index (χ2n) is 9.20. The summed E-state index contributed by atoms with van der Waals surface area (Å²) in [6.45, 7) is 0.683. The van der Waals surface area contributed by atoms with E-state index in [0.717, 1.165) is 16.9 Å². The van der Waals surface area contributed by atoms with E-state index in [0.29, 0.717) is 31.4 Å². The quantitative estimate of drug-likeness (QED) is 0.472. The molecule has 0 radical (unpaired) electrons. The van der Waals surface area contributed by atoms with Crippen LogP contribution < -0.4 is 9.46 Å². The Labute approximate surface area is 218 Å². The van der Waals surface area contributed by atoms with Crippen LogP contribution in [0.25, 0.3) is 0 Å². The van der Waals surface area contributed by atoms with Crippen LogP contribution in [0, 0.1) is 11.6 Å². The molecule has 3 atom stereocenters. The Bertz CT molecular complexity index is 1500.